The molecule has 1 aliphatic heterocycles. The van der Waals surface area contributed by atoms with E-state index in [2.05, 4.69) is 5.32 Å². The van der Waals surface area contributed by atoms with Crippen LogP contribution in [0.2, 0.25) is 0 Å². The Morgan fingerprint density at radius 1 is 0.733 bits per heavy atom. The highest BCUT2D eigenvalue weighted by molar-refractivity contribution is 5.75. The molecule has 3 heteroatoms. The average Bonchev–Trinajstić information content (AvgIpc) is 2.26. The molecule has 0 aliphatic carbocycles. The molecule has 0 saturated heterocycles. The molecule has 2 aromatic carbocycles. The van der Waals surface area contributed by atoms with E-state index >= 15 is 0 Å². The fourth-order valence-corrected chi connectivity index (χ4v) is 1.58. The molecule has 2 aromatic rings. The number of nitrogens with zero attached hydrogens (tertiary/aromatic N) is 1. The molecular formula is C12H9N2O. The van der Waals surface area contributed by atoms with Gasteiger partial charge >= 0.3 is 0 Å². The van der Waals surface area contributed by atoms with Gasteiger partial charge in [0, 0.05) is 6.15 Å². The Morgan fingerprint density at radius 2 is 1.20 bits per heavy atom. The van der Waals surface area contributed by atoms with Gasteiger partial charge in [-0.05, 0) is 24.3 Å². The van der Waals surface area contributed by atoms with Crippen molar-refractivity contribution in [1.29, 1.82) is 0 Å². The van der Waals surface area contributed by atoms with Gasteiger partial charge in [-0.2, -0.15) is 0 Å². The third kappa shape index (κ3) is 1.53. The maximum atomic E-state index is 5.71. The standard InChI is InChI=1S/C12H9NO.N/c1-3-7-11-9(5-1)13-10-6-2-4-8-12(10)14-11;/h1-8,13H;. The van der Waals surface area contributed by atoms with Gasteiger partial charge in [0.25, 0.3) is 0 Å². The summed E-state index contributed by atoms with van der Waals surface area (Å²) in [4.78, 5) is 0. The van der Waals surface area contributed by atoms with Crippen LogP contribution in [0.1, 0.15) is 0 Å². The molecule has 1 heterocycles. The second kappa shape index (κ2) is 3.63. The number of ether oxygens (including phenoxy) is 1. The summed E-state index contributed by atoms with van der Waals surface area (Å²) in [6, 6.07) is 15.8. The largest absolute Gasteiger partial charge is 0.453 e. The normalized spacial score (nSPS) is 11.2. The van der Waals surface area contributed by atoms with Crippen molar-refractivity contribution in [2.75, 3.05) is 5.32 Å². The average molecular weight is 197 g/mol. The number of rotatable bonds is 0. The lowest BCUT2D eigenvalue weighted by atomic mass is 10.2. The molecule has 0 amide bonds. The Labute approximate surface area is 88.3 Å². The highest BCUT2D eigenvalue weighted by Gasteiger charge is 2.13. The third-order valence-electron chi connectivity index (χ3n) is 2.26. The van der Waals surface area contributed by atoms with Crippen LogP contribution >= 0.6 is 0 Å². The van der Waals surface area contributed by atoms with E-state index in [1.165, 1.54) is 0 Å². The molecule has 0 unspecified atom stereocenters. The molecule has 0 aromatic heterocycles. The number of anilines is 2. The maximum absolute atomic E-state index is 5.71. The molecule has 73 valence electrons. The van der Waals surface area contributed by atoms with E-state index in [1.807, 2.05) is 48.5 Å². The Kier molecular flexibility index (Phi) is 2.31. The molecule has 0 bridgehead atoms. The van der Waals surface area contributed by atoms with Gasteiger partial charge in [-0.15, -0.1) is 0 Å². The van der Waals surface area contributed by atoms with E-state index in [9.17, 15) is 0 Å². The van der Waals surface area contributed by atoms with Crippen LogP contribution in [0, 0.1) is 0 Å². The molecule has 0 atom stereocenters. The fourth-order valence-electron chi connectivity index (χ4n) is 1.58. The van der Waals surface area contributed by atoms with E-state index in [0.717, 1.165) is 22.9 Å². The van der Waals surface area contributed by atoms with E-state index in [-0.39, 0.29) is 6.15 Å². The number of para-hydroxylation sites is 4. The van der Waals surface area contributed by atoms with Crippen LogP contribution in [0.15, 0.2) is 48.5 Å². The molecule has 0 spiro atoms. The van der Waals surface area contributed by atoms with Gasteiger partial charge < -0.3 is 10.1 Å². The molecule has 1 aliphatic rings. The van der Waals surface area contributed by atoms with Crippen LogP contribution in [0.5, 0.6) is 11.5 Å². The van der Waals surface area contributed by atoms with Gasteiger partial charge in [-0.1, -0.05) is 24.3 Å². The molecule has 0 saturated carbocycles. The number of hydrogen-bond donors (Lipinski definition) is 1. The molecule has 3 radical (unpaired) electrons. The van der Waals surface area contributed by atoms with Crippen molar-refractivity contribution in [1.82, 2.24) is 6.15 Å². The molecule has 15 heavy (non-hydrogen) atoms. The van der Waals surface area contributed by atoms with Crippen LogP contribution in [0.4, 0.5) is 11.4 Å². The number of nitrogens with one attached hydrogen (secondary N) is 1. The Balaban J connectivity index is 0.000000853. The quantitative estimate of drug-likeness (QED) is 0.602. The summed E-state index contributed by atoms with van der Waals surface area (Å²) >= 11 is 0. The lowest BCUT2D eigenvalue weighted by Gasteiger charge is -2.20. The SMILES string of the molecule is [N].c1ccc2c(c1)Nc1ccccc1O2. The second-order valence-corrected chi connectivity index (χ2v) is 3.22. The first-order chi connectivity index (χ1) is 6.93. The predicted octanol–water partition coefficient (Wildman–Crippen LogP) is 3.06. The minimum Gasteiger partial charge on any atom is -0.453 e. The Hall–Kier alpha value is -2.00. The number of benzene rings is 2. The highest BCUT2D eigenvalue weighted by atomic mass is 16.5. The summed E-state index contributed by atoms with van der Waals surface area (Å²) in [7, 11) is 0. The summed E-state index contributed by atoms with van der Waals surface area (Å²) in [6.07, 6.45) is 0. The summed E-state index contributed by atoms with van der Waals surface area (Å²) < 4.78 is 5.71. The van der Waals surface area contributed by atoms with Crippen LogP contribution < -0.4 is 16.2 Å². The number of hydrogen-bond acceptors (Lipinski definition) is 2. The van der Waals surface area contributed by atoms with E-state index in [0.29, 0.717) is 0 Å². The second-order valence-electron chi connectivity index (χ2n) is 3.22. The molecule has 0 fully saturated rings. The maximum Gasteiger partial charge on any atom is 0.150 e. The van der Waals surface area contributed by atoms with E-state index < -0.39 is 0 Å². The Morgan fingerprint density at radius 3 is 1.73 bits per heavy atom. The van der Waals surface area contributed by atoms with E-state index in [1.54, 1.807) is 0 Å². The fraction of sp³-hybridized carbons (Fsp3) is 0. The molecule has 3 rings (SSSR count). The van der Waals surface area contributed by atoms with Crippen molar-refractivity contribution in [3.05, 3.63) is 48.5 Å². The summed E-state index contributed by atoms with van der Waals surface area (Å²) in [5.41, 5.74) is 2.04. The summed E-state index contributed by atoms with van der Waals surface area (Å²) in [5, 5.41) is 3.32. The first-order valence-corrected chi connectivity index (χ1v) is 4.56. The Bertz CT molecular complexity index is 395. The van der Waals surface area contributed by atoms with Crippen LogP contribution in [0.25, 0.3) is 0 Å². The van der Waals surface area contributed by atoms with Gasteiger partial charge in [-0.25, -0.2) is 0 Å². The molecule has 1 N–H and O–H groups in total. The van der Waals surface area contributed by atoms with Crippen LogP contribution in [0.3, 0.4) is 0 Å². The lowest BCUT2D eigenvalue weighted by molar-refractivity contribution is 0.481. The minimum absolute atomic E-state index is 0. The van der Waals surface area contributed by atoms with Crippen molar-refractivity contribution in [2.45, 2.75) is 0 Å². The van der Waals surface area contributed by atoms with Crippen molar-refractivity contribution in [3.63, 3.8) is 0 Å². The summed E-state index contributed by atoms with van der Waals surface area (Å²) in [5.74, 6) is 1.76. The van der Waals surface area contributed by atoms with Crippen LogP contribution in [-0.2, 0) is 0 Å². The number of fused-ring (bicyclic) bond motifs is 2. The zero-order chi connectivity index (χ0) is 9.38. The molecule has 3 nitrogen and oxygen atoms in total. The first-order valence-electron chi connectivity index (χ1n) is 4.56. The third-order valence-corrected chi connectivity index (χ3v) is 2.26. The van der Waals surface area contributed by atoms with Crippen LogP contribution in [-0.4, -0.2) is 0 Å². The van der Waals surface area contributed by atoms with E-state index in [4.69, 9.17) is 4.74 Å². The van der Waals surface area contributed by atoms with Crippen molar-refractivity contribution in [2.24, 2.45) is 0 Å². The zero-order valence-corrected chi connectivity index (χ0v) is 7.97. The van der Waals surface area contributed by atoms with Crippen molar-refractivity contribution >= 4 is 11.4 Å². The van der Waals surface area contributed by atoms with Gasteiger partial charge in [0.2, 0.25) is 0 Å². The van der Waals surface area contributed by atoms with Crippen molar-refractivity contribution < 1.29 is 4.74 Å². The molecular weight excluding hydrogens is 188 g/mol. The topological polar surface area (TPSA) is 51.8 Å². The van der Waals surface area contributed by atoms with Gasteiger partial charge in [-0.3, -0.25) is 0 Å². The first kappa shape index (κ1) is 9.55. The van der Waals surface area contributed by atoms with Gasteiger partial charge in [0.15, 0.2) is 11.5 Å². The van der Waals surface area contributed by atoms with Gasteiger partial charge in [0.05, 0.1) is 11.4 Å². The van der Waals surface area contributed by atoms with Gasteiger partial charge in [0.1, 0.15) is 0 Å². The minimum atomic E-state index is 0. The predicted molar refractivity (Wildman–Crippen MR) is 58.4 cm³/mol. The smallest absolute Gasteiger partial charge is 0.150 e. The lowest BCUT2D eigenvalue weighted by Crippen LogP contribution is -2.01. The zero-order valence-electron chi connectivity index (χ0n) is 7.97. The summed E-state index contributed by atoms with van der Waals surface area (Å²) in [6.45, 7) is 0. The van der Waals surface area contributed by atoms with Crippen molar-refractivity contribution in [3.8, 4) is 11.5 Å². The monoisotopic (exact) mass is 197 g/mol. The highest BCUT2D eigenvalue weighted by Crippen LogP contribution is 2.40.